The van der Waals surface area contributed by atoms with Crippen molar-refractivity contribution in [2.75, 3.05) is 7.11 Å². The van der Waals surface area contributed by atoms with Crippen LogP contribution in [0.2, 0.25) is 5.02 Å². The lowest BCUT2D eigenvalue weighted by Crippen LogP contribution is -2.09. The van der Waals surface area contributed by atoms with Gasteiger partial charge in [-0.2, -0.15) is 0 Å². The zero-order valence-corrected chi connectivity index (χ0v) is 16.0. The van der Waals surface area contributed by atoms with Crippen LogP contribution in [0.5, 0.6) is 5.75 Å². The predicted octanol–water partition coefficient (Wildman–Crippen LogP) is 5.20. The lowest BCUT2D eigenvalue weighted by molar-refractivity contribution is 0.0600. The number of carbonyl (C=O) groups excluding carboxylic acids is 2. The molecule has 3 rings (SSSR count). The average molecular weight is 417 g/mol. The van der Waals surface area contributed by atoms with Crippen molar-refractivity contribution < 1.29 is 28.2 Å². The van der Waals surface area contributed by atoms with Crippen LogP contribution < -0.4 is 0 Å². The number of esters is 1. The third-order valence-corrected chi connectivity index (χ3v) is 4.64. The predicted molar refractivity (Wildman–Crippen MR) is 104 cm³/mol. The maximum Gasteiger partial charge on any atom is 0.337 e. The Morgan fingerprint density at radius 3 is 2.38 bits per heavy atom. The number of hydrogen-bond donors (Lipinski definition) is 1. The molecule has 7 heteroatoms. The van der Waals surface area contributed by atoms with Gasteiger partial charge in [-0.25, -0.2) is 13.6 Å². The van der Waals surface area contributed by atoms with Gasteiger partial charge in [0.2, 0.25) is 0 Å². The van der Waals surface area contributed by atoms with E-state index in [1.54, 1.807) is 30.3 Å². The van der Waals surface area contributed by atoms with E-state index in [9.17, 15) is 23.5 Å². The topological polar surface area (TPSA) is 63.6 Å². The second-order valence-electron chi connectivity index (χ2n) is 6.24. The molecule has 3 aromatic carbocycles. The molecule has 148 valence electrons. The molecule has 1 N–H and O–H groups in total. The zero-order valence-electron chi connectivity index (χ0n) is 15.2. The van der Waals surface area contributed by atoms with Crippen molar-refractivity contribution in [2.24, 2.45) is 0 Å². The summed E-state index contributed by atoms with van der Waals surface area (Å²) in [4.78, 5) is 24.4. The summed E-state index contributed by atoms with van der Waals surface area (Å²) in [5, 5.41) is 9.89. The maximum atomic E-state index is 14.3. The van der Waals surface area contributed by atoms with Gasteiger partial charge >= 0.3 is 5.97 Å². The monoisotopic (exact) mass is 416 g/mol. The number of carbonyl (C=O) groups is 2. The van der Waals surface area contributed by atoms with Crippen LogP contribution in [0.15, 0.2) is 54.6 Å². The molecule has 0 amide bonds. The molecular formula is C22H15ClF2O4. The molecule has 0 aliphatic heterocycles. The van der Waals surface area contributed by atoms with Crippen LogP contribution in [-0.4, -0.2) is 24.0 Å². The number of phenols is 1. The number of halogens is 3. The van der Waals surface area contributed by atoms with Crippen LogP contribution in [-0.2, 0) is 11.2 Å². The first-order chi connectivity index (χ1) is 13.8. The van der Waals surface area contributed by atoms with Crippen LogP contribution in [0, 0.1) is 11.6 Å². The van der Waals surface area contributed by atoms with Gasteiger partial charge in [0.15, 0.2) is 5.78 Å². The standard InChI is InChI=1S/C22H15ClF2O4/c1-29-22(28)14-8-16(21(27)17(23)9-14)20(26)10-13-7-15(19(25)11-18(13)24)12-5-3-2-4-6-12/h2-9,11,27H,10H2,1H3. The highest BCUT2D eigenvalue weighted by atomic mass is 35.5. The minimum absolute atomic E-state index is 0.0387. The van der Waals surface area contributed by atoms with E-state index in [-0.39, 0.29) is 27.3 Å². The molecule has 0 spiro atoms. The second-order valence-corrected chi connectivity index (χ2v) is 6.64. The zero-order chi connectivity index (χ0) is 21.1. The van der Waals surface area contributed by atoms with E-state index < -0.39 is 35.6 Å². The molecule has 0 aliphatic rings. The van der Waals surface area contributed by atoms with Crippen molar-refractivity contribution in [2.45, 2.75) is 6.42 Å². The number of aromatic hydroxyl groups is 1. The first kappa shape index (κ1) is 20.5. The third kappa shape index (κ3) is 4.27. The molecular weight excluding hydrogens is 402 g/mol. The molecule has 0 atom stereocenters. The fourth-order valence-corrected chi connectivity index (χ4v) is 3.10. The van der Waals surface area contributed by atoms with Gasteiger partial charge in [0, 0.05) is 18.1 Å². The van der Waals surface area contributed by atoms with Crippen molar-refractivity contribution in [1.82, 2.24) is 0 Å². The van der Waals surface area contributed by atoms with Crippen molar-refractivity contribution >= 4 is 23.4 Å². The SMILES string of the molecule is COC(=O)c1cc(Cl)c(O)c(C(=O)Cc2cc(-c3ccccc3)c(F)cc2F)c1. The lowest BCUT2D eigenvalue weighted by Gasteiger charge is -2.11. The van der Waals surface area contributed by atoms with Gasteiger partial charge < -0.3 is 9.84 Å². The Morgan fingerprint density at radius 1 is 1.03 bits per heavy atom. The maximum absolute atomic E-state index is 14.3. The molecule has 0 aliphatic carbocycles. The van der Waals surface area contributed by atoms with Crippen molar-refractivity contribution in [3.05, 3.63) is 87.9 Å². The van der Waals surface area contributed by atoms with Crippen LogP contribution >= 0.6 is 11.6 Å². The van der Waals surface area contributed by atoms with Crippen LogP contribution in [0.1, 0.15) is 26.3 Å². The Hall–Kier alpha value is -3.25. The van der Waals surface area contributed by atoms with E-state index in [0.29, 0.717) is 11.6 Å². The molecule has 4 nitrogen and oxygen atoms in total. The van der Waals surface area contributed by atoms with Crippen molar-refractivity contribution in [3.8, 4) is 16.9 Å². The summed E-state index contributed by atoms with van der Waals surface area (Å²) in [6, 6.07) is 12.7. The normalized spacial score (nSPS) is 10.6. The fourth-order valence-electron chi connectivity index (χ4n) is 2.88. The van der Waals surface area contributed by atoms with Crippen molar-refractivity contribution in [1.29, 1.82) is 0 Å². The summed E-state index contributed by atoms with van der Waals surface area (Å²) in [6.45, 7) is 0. The van der Waals surface area contributed by atoms with E-state index in [4.69, 9.17) is 11.6 Å². The van der Waals surface area contributed by atoms with Gasteiger partial charge in [-0.3, -0.25) is 4.79 Å². The van der Waals surface area contributed by atoms with Crippen LogP contribution in [0.3, 0.4) is 0 Å². The van der Waals surface area contributed by atoms with E-state index in [1.807, 2.05) is 0 Å². The number of benzene rings is 3. The number of phenolic OH excluding ortho intramolecular Hbond substituents is 1. The Kier molecular flexibility index (Phi) is 5.94. The molecule has 0 aromatic heterocycles. The summed E-state index contributed by atoms with van der Waals surface area (Å²) in [7, 11) is 1.16. The molecule has 29 heavy (non-hydrogen) atoms. The number of rotatable bonds is 5. The van der Waals surface area contributed by atoms with Gasteiger partial charge in [-0.05, 0) is 29.3 Å². The van der Waals surface area contributed by atoms with Gasteiger partial charge in [-0.15, -0.1) is 0 Å². The minimum atomic E-state index is -0.898. The number of hydrogen-bond acceptors (Lipinski definition) is 4. The second kappa shape index (κ2) is 8.41. The minimum Gasteiger partial charge on any atom is -0.506 e. The summed E-state index contributed by atoms with van der Waals surface area (Å²) in [5.74, 6) is -3.64. The summed E-state index contributed by atoms with van der Waals surface area (Å²) in [6.07, 6.45) is -0.472. The largest absolute Gasteiger partial charge is 0.506 e. The Bertz CT molecular complexity index is 1100. The fraction of sp³-hybridized carbons (Fsp3) is 0.0909. The highest BCUT2D eigenvalue weighted by Crippen LogP contribution is 2.32. The summed E-state index contributed by atoms with van der Waals surface area (Å²) >= 11 is 5.89. The van der Waals surface area contributed by atoms with E-state index >= 15 is 0 Å². The van der Waals surface area contributed by atoms with E-state index in [0.717, 1.165) is 19.2 Å². The summed E-state index contributed by atoms with van der Waals surface area (Å²) < 4.78 is 33.1. The van der Waals surface area contributed by atoms with Crippen molar-refractivity contribution in [3.63, 3.8) is 0 Å². The first-order valence-electron chi connectivity index (χ1n) is 8.49. The van der Waals surface area contributed by atoms with Gasteiger partial charge in [0.1, 0.15) is 17.4 Å². The number of Topliss-reactive ketones (excluding diaryl/α,β-unsaturated/α-hetero) is 1. The van der Waals surface area contributed by atoms with Crippen LogP contribution in [0.4, 0.5) is 8.78 Å². The molecule has 0 fully saturated rings. The third-order valence-electron chi connectivity index (χ3n) is 4.36. The number of ketones is 1. The van der Waals surface area contributed by atoms with Gasteiger partial charge in [-0.1, -0.05) is 41.9 Å². The van der Waals surface area contributed by atoms with E-state index in [2.05, 4.69) is 4.74 Å². The quantitative estimate of drug-likeness (QED) is 0.458. The molecule has 0 saturated heterocycles. The highest BCUT2D eigenvalue weighted by molar-refractivity contribution is 6.33. The smallest absolute Gasteiger partial charge is 0.337 e. The molecule has 0 heterocycles. The molecule has 0 bridgehead atoms. The lowest BCUT2D eigenvalue weighted by atomic mass is 9.96. The average Bonchev–Trinajstić information content (AvgIpc) is 2.71. The van der Waals surface area contributed by atoms with Crippen LogP contribution in [0.25, 0.3) is 11.1 Å². The highest BCUT2D eigenvalue weighted by Gasteiger charge is 2.21. The first-order valence-corrected chi connectivity index (χ1v) is 8.87. The Labute approximate surface area is 170 Å². The Morgan fingerprint density at radius 2 is 1.72 bits per heavy atom. The number of ether oxygens (including phenoxy) is 1. The Balaban J connectivity index is 2.00. The molecule has 0 saturated carbocycles. The molecule has 0 unspecified atom stereocenters. The molecule has 0 radical (unpaired) electrons. The summed E-state index contributed by atoms with van der Waals surface area (Å²) in [5.41, 5.74) is 0.304. The van der Waals surface area contributed by atoms with E-state index in [1.165, 1.54) is 6.07 Å². The number of methoxy groups -OCH3 is 1. The molecule has 3 aromatic rings. The van der Waals surface area contributed by atoms with Gasteiger partial charge in [0.25, 0.3) is 0 Å². The van der Waals surface area contributed by atoms with Gasteiger partial charge in [0.05, 0.1) is 23.3 Å².